The van der Waals surface area contributed by atoms with Crippen molar-refractivity contribution in [1.82, 2.24) is 9.97 Å². The molecular weight excluding hydrogens is 196 g/mol. The van der Waals surface area contributed by atoms with Crippen molar-refractivity contribution < 1.29 is 15.3 Å². The van der Waals surface area contributed by atoms with Crippen molar-refractivity contribution in [2.75, 3.05) is 19.8 Å². The van der Waals surface area contributed by atoms with E-state index < -0.39 is 0 Å². The van der Waals surface area contributed by atoms with Crippen LogP contribution < -0.4 is 0 Å². The van der Waals surface area contributed by atoms with Crippen LogP contribution in [0.25, 0.3) is 0 Å². The van der Waals surface area contributed by atoms with Gasteiger partial charge < -0.3 is 15.3 Å². The second kappa shape index (κ2) is 6.44. The minimum atomic E-state index is 0.00113. The SMILES string of the molecule is OCCc1cc(CCO)nc(CCO)n1. The first-order chi connectivity index (χ1) is 7.30. The van der Waals surface area contributed by atoms with E-state index in [1.54, 1.807) is 6.07 Å². The fraction of sp³-hybridized carbons (Fsp3) is 0.600. The van der Waals surface area contributed by atoms with E-state index in [-0.39, 0.29) is 19.8 Å². The van der Waals surface area contributed by atoms with E-state index in [0.29, 0.717) is 25.1 Å². The molecule has 0 aliphatic heterocycles. The number of aromatic nitrogens is 2. The standard InChI is InChI=1S/C10H16N2O3/c13-4-1-8-7-9(2-5-14)12-10(11-8)3-6-15/h7,13-15H,1-6H2. The van der Waals surface area contributed by atoms with Crippen molar-refractivity contribution in [3.8, 4) is 0 Å². The van der Waals surface area contributed by atoms with Gasteiger partial charge in [-0.2, -0.15) is 0 Å². The third-order valence-corrected chi connectivity index (χ3v) is 1.95. The van der Waals surface area contributed by atoms with Crippen LogP contribution in [-0.2, 0) is 19.3 Å². The molecule has 0 unspecified atom stereocenters. The third-order valence-electron chi connectivity index (χ3n) is 1.95. The smallest absolute Gasteiger partial charge is 0.131 e. The summed E-state index contributed by atoms with van der Waals surface area (Å²) in [5.74, 6) is 0.562. The van der Waals surface area contributed by atoms with Gasteiger partial charge in [0, 0.05) is 43.9 Å². The topological polar surface area (TPSA) is 86.5 Å². The normalized spacial score (nSPS) is 10.6. The molecule has 84 valence electrons. The van der Waals surface area contributed by atoms with Crippen molar-refractivity contribution >= 4 is 0 Å². The Hall–Kier alpha value is -1.04. The summed E-state index contributed by atoms with van der Waals surface area (Å²) in [6.07, 6.45) is 1.34. The Morgan fingerprint density at radius 3 is 1.67 bits per heavy atom. The largest absolute Gasteiger partial charge is 0.396 e. The van der Waals surface area contributed by atoms with E-state index in [1.807, 2.05) is 0 Å². The van der Waals surface area contributed by atoms with Crippen LogP contribution in [0.3, 0.4) is 0 Å². The van der Waals surface area contributed by atoms with Crippen LogP contribution in [0.4, 0.5) is 0 Å². The summed E-state index contributed by atoms with van der Waals surface area (Å²) in [6.45, 7) is 0.0728. The van der Waals surface area contributed by atoms with E-state index in [4.69, 9.17) is 15.3 Å². The first kappa shape index (κ1) is 12.0. The Bertz CT molecular complexity index is 245. The molecule has 0 amide bonds. The van der Waals surface area contributed by atoms with Gasteiger partial charge in [0.05, 0.1) is 6.61 Å². The van der Waals surface area contributed by atoms with Gasteiger partial charge >= 0.3 is 0 Å². The van der Waals surface area contributed by atoms with E-state index in [1.165, 1.54) is 0 Å². The van der Waals surface area contributed by atoms with Crippen molar-refractivity contribution in [3.05, 3.63) is 23.3 Å². The van der Waals surface area contributed by atoms with E-state index >= 15 is 0 Å². The van der Waals surface area contributed by atoms with Crippen LogP contribution in [0.15, 0.2) is 6.07 Å². The second-order valence-electron chi connectivity index (χ2n) is 3.19. The average molecular weight is 212 g/mol. The second-order valence-corrected chi connectivity index (χ2v) is 3.19. The van der Waals surface area contributed by atoms with Crippen LogP contribution in [0, 0.1) is 0 Å². The van der Waals surface area contributed by atoms with Gasteiger partial charge in [-0.1, -0.05) is 0 Å². The predicted octanol–water partition coefficient (Wildman–Crippen LogP) is -0.919. The molecule has 1 aromatic heterocycles. The van der Waals surface area contributed by atoms with Crippen molar-refractivity contribution in [1.29, 1.82) is 0 Å². The lowest BCUT2D eigenvalue weighted by Crippen LogP contribution is -2.07. The summed E-state index contributed by atoms with van der Waals surface area (Å²) >= 11 is 0. The molecule has 3 N–H and O–H groups in total. The van der Waals surface area contributed by atoms with Gasteiger partial charge in [0.25, 0.3) is 0 Å². The molecule has 15 heavy (non-hydrogen) atoms. The Kier molecular flexibility index (Phi) is 5.17. The number of hydrogen-bond donors (Lipinski definition) is 3. The molecule has 5 nitrogen and oxygen atoms in total. The molecule has 0 saturated carbocycles. The molecule has 0 aliphatic carbocycles. The zero-order valence-electron chi connectivity index (χ0n) is 8.56. The van der Waals surface area contributed by atoms with E-state index in [0.717, 1.165) is 11.4 Å². The Balaban J connectivity index is 2.86. The molecule has 0 atom stereocenters. The maximum atomic E-state index is 8.80. The lowest BCUT2D eigenvalue weighted by molar-refractivity contribution is 0.291. The number of rotatable bonds is 6. The van der Waals surface area contributed by atoms with Crippen molar-refractivity contribution in [3.63, 3.8) is 0 Å². The molecule has 0 fully saturated rings. The quantitative estimate of drug-likeness (QED) is 0.568. The Morgan fingerprint density at radius 1 is 0.800 bits per heavy atom. The Labute approximate surface area is 88.4 Å². The summed E-state index contributed by atoms with van der Waals surface area (Å²) in [6, 6.07) is 1.77. The molecule has 1 rings (SSSR count). The van der Waals surface area contributed by atoms with Gasteiger partial charge in [0.15, 0.2) is 0 Å². The Morgan fingerprint density at radius 2 is 1.27 bits per heavy atom. The minimum Gasteiger partial charge on any atom is -0.396 e. The summed E-state index contributed by atoms with van der Waals surface area (Å²) in [4.78, 5) is 8.36. The maximum absolute atomic E-state index is 8.80. The fourth-order valence-electron chi connectivity index (χ4n) is 1.31. The minimum absolute atomic E-state index is 0.00113. The fourth-order valence-corrected chi connectivity index (χ4v) is 1.31. The summed E-state index contributed by atoms with van der Waals surface area (Å²) < 4.78 is 0. The summed E-state index contributed by atoms with van der Waals surface area (Å²) in [5.41, 5.74) is 1.50. The van der Waals surface area contributed by atoms with Crippen LogP contribution >= 0.6 is 0 Å². The first-order valence-corrected chi connectivity index (χ1v) is 4.98. The highest BCUT2D eigenvalue weighted by atomic mass is 16.3. The monoisotopic (exact) mass is 212 g/mol. The summed E-state index contributed by atoms with van der Waals surface area (Å²) in [5, 5.41) is 26.4. The van der Waals surface area contributed by atoms with Gasteiger partial charge in [-0.05, 0) is 6.07 Å². The van der Waals surface area contributed by atoms with Crippen LogP contribution in [0.2, 0.25) is 0 Å². The number of aliphatic hydroxyl groups is 3. The molecule has 0 radical (unpaired) electrons. The molecule has 0 aliphatic rings. The molecular formula is C10H16N2O3. The van der Waals surface area contributed by atoms with Gasteiger partial charge in [0.1, 0.15) is 5.82 Å². The highest BCUT2D eigenvalue weighted by molar-refractivity contribution is 5.12. The number of nitrogens with zero attached hydrogens (tertiary/aromatic N) is 2. The third kappa shape index (κ3) is 3.91. The van der Waals surface area contributed by atoms with E-state index in [2.05, 4.69) is 9.97 Å². The van der Waals surface area contributed by atoms with Crippen LogP contribution in [0.5, 0.6) is 0 Å². The highest BCUT2D eigenvalue weighted by Crippen LogP contribution is 2.04. The van der Waals surface area contributed by atoms with Gasteiger partial charge in [-0.25, -0.2) is 9.97 Å². The predicted molar refractivity (Wildman–Crippen MR) is 54.4 cm³/mol. The molecule has 0 aromatic carbocycles. The van der Waals surface area contributed by atoms with Crippen LogP contribution in [0.1, 0.15) is 17.2 Å². The van der Waals surface area contributed by atoms with E-state index in [9.17, 15) is 0 Å². The average Bonchev–Trinajstić information content (AvgIpc) is 2.19. The van der Waals surface area contributed by atoms with Crippen molar-refractivity contribution in [2.45, 2.75) is 19.3 Å². The highest BCUT2D eigenvalue weighted by Gasteiger charge is 2.04. The molecule has 0 spiro atoms. The van der Waals surface area contributed by atoms with Crippen molar-refractivity contribution in [2.24, 2.45) is 0 Å². The molecule has 0 bridgehead atoms. The zero-order valence-corrected chi connectivity index (χ0v) is 8.56. The molecule has 1 heterocycles. The number of aliphatic hydroxyl groups excluding tert-OH is 3. The zero-order chi connectivity index (χ0) is 11.1. The molecule has 1 aromatic rings. The number of hydrogen-bond acceptors (Lipinski definition) is 5. The lowest BCUT2D eigenvalue weighted by atomic mass is 10.2. The lowest BCUT2D eigenvalue weighted by Gasteiger charge is -2.05. The van der Waals surface area contributed by atoms with Gasteiger partial charge in [0.2, 0.25) is 0 Å². The maximum Gasteiger partial charge on any atom is 0.131 e. The summed E-state index contributed by atoms with van der Waals surface area (Å²) in [7, 11) is 0. The molecule has 0 saturated heterocycles. The van der Waals surface area contributed by atoms with Crippen LogP contribution in [-0.4, -0.2) is 45.1 Å². The first-order valence-electron chi connectivity index (χ1n) is 4.98. The van der Waals surface area contributed by atoms with Gasteiger partial charge in [-0.3, -0.25) is 0 Å². The van der Waals surface area contributed by atoms with Gasteiger partial charge in [-0.15, -0.1) is 0 Å². The molecule has 5 heteroatoms.